The molecular weight excluding hydrogens is 431 g/mol. The Morgan fingerprint density at radius 3 is 2.40 bits per heavy atom. The van der Waals surface area contributed by atoms with Gasteiger partial charge in [-0.2, -0.15) is 0 Å². The van der Waals surface area contributed by atoms with Gasteiger partial charge in [0.1, 0.15) is 10.8 Å². The van der Waals surface area contributed by atoms with Crippen molar-refractivity contribution in [1.29, 1.82) is 0 Å². The largest absolute Gasteiger partial charge is 0.342 e. The Morgan fingerprint density at radius 2 is 1.72 bits per heavy atom. The molecule has 0 saturated heterocycles. The molecule has 0 aliphatic heterocycles. The topological polar surface area (TPSA) is 71.1 Å². The molecule has 0 aliphatic carbocycles. The maximum atomic E-state index is 12.1. The molecule has 1 aromatic heterocycles. The van der Waals surface area contributed by atoms with Crippen LogP contribution in [0.25, 0.3) is 0 Å². The van der Waals surface area contributed by atoms with Gasteiger partial charge in [0.25, 0.3) is 5.91 Å². The summed E-state index contributed by atoms with van der Waals surface area (Å²) in [4.78, 5) is 27.9. The second-order valence-corrected chi connectivity index (χ2v) is 6.74. The summed E-state index contributed by atoms with van der Waals surface area (Å²) in [5.41, 5.74) is 1.03. The van der Waals surface area contributed by atoms with Crippen molar-refractivity contribution in [2.24, 2.45) is 0 Å². The molecule has 0 unspecified atom stereocenters. The molecule has 2 N–H and O–H groups in total. The number of nitrogens with zero attached hydrogens (tertiary/aromatic N) is 1. The maximum Gasteiger partial charge on any atom is 0.271 e. The predicted octanol–water partition coefficient (Wildman–Crippen LogP) is 5.03. The van der Waals surface area contributed by atoms with Gasteiger partial charge < -0.3 is 10.6 Å². The lowest BCUT2D eigenvalue weighted by molar-refractivity contribution is -0.115. The number of anilines is 1. The summed E-state index contributed by atoms with van der Waals surface area (Å²) in [6, 6.07) is 5.10. The molecule has 0 aliphatic rings. The van der Waals surface area contributed by atoms with Gasteiger partial charge in [-0.15, -0.1) is 0 Å². The van der Waals surface area contributed by atoms with Gasteiger partial charge >= 0.3 is 0 Å². The number of hydrogen-bond donors (Lipinski definition) is 2. The van der Waals surface area contributed by atoms with E-state index >= 15 is 0 Å². The van der Waals surface area contributed by atoms with Crippen LogP contribution in [0.4, 0.5) is 5.69 Å². The molecule has 0 atom stereocenters. The van der Waals surface area contributed by atoms with E-state index in [0.717, 1.165) is 0 Å². The first kappa shape index (κ1) is 20.1. The summed E-state index contributed by atoms with van der Waals surface area (Å²) in [5, 5.41) is 5.07. The molecule has 132 valence electrons. The standard InChI is InChI=1S/C15H10Cl5N3O2/c1-6-7(16)3-2-4-8(6)22-9(24)5-21-15(25)13-11(18)10(17)12(19)14(20)23-13/h2-4H,5H2,1H3,(H,21,25)(H,22,24). The molecular formula is C15H10Cl5N3O2. The van der Waals surface area contributed by atoms with Gasteiger partial charge in [0.05, 0.1) is 21.6 Å². The van der Waals surface area contributed by atoms with Crippen molar-refractivity contribution in [2.75, 3.05) is 11.9 Å². The SMILES string of the molecule is Cc1c(Cl)cccc1NC(=O)CNC(=O)c1nc(Cl)c(Cl)c(Cl)c1Cl. The minimum absolute atomic E-state index is 0.0564. The minimum Gasteiger partial charge on any atom is -0.342 e. The zero-order valence-electron chi connectivity index (χ0n) is 12.6. The fourth-order valence-corrected chi connectivity index (χ4v) is 2.81. The molecule has 1 aromatic carbocycles. The summed E-state index contributed by atoms with van der Waals surface area (Å²) >= 11 is 29.4. The average molecular weight is 442 g/mol. The van der Waals surface area contributed by atoms with Crippen LogP contribution in [0.2, 0.25) is 25.2 Å². The van der Waals surface area contributed by atoms with Crippen molar-refractivity contribution >= 4 is 75.5 Å². The van der Waals surface area contributed by atoms with Gasteiger partial charge in [0, 0.05) is 10.7 Å². The predicted molar refractivity (Wildman–Crippen MR) is 101 cm³/mol. The molecule has 1 heterocycles. The zero-order valence-corrected chi connectivity index (χ0v) is 16.4. The number of amides is 2. The second kappa shape index (κ2) is 8.43. The molecule has 2 aromatic rings. The second-order valence-electron chi connectivity index (χ2n) is 4.84. The molecule has 0 saturated carbocycles. The van der Waals surface area contributed by atoms with Crippen molar-refractivity contribution in [3.05, 3.63) is 54.7 Å². The van der Waals surface area contributed by atoms with Gasteiger partial charge in [-0.05, 0) is 24.6 Å². The van der Waals surface area contributed by atoms with E-state index in [2.05, 4.69) is 15.6 Å². The molecule has 0 spiro atoms. The van der Waals surface area contributed by atoms with Crippen LogP contribution in [0.1, 0.15) is 16.1 Å². The average Bonchev–Trinajstić information content (AvgIpc) is 2.58. The van der Waals surface area contributed by atoms with Crippen LogP contribution in [-0.2, 0) is 4.79 Å². The number of carbonyl (C=O) groups excluding carboxylic acids is 2. The lowest BCUT2D eigenvalue weighted by atomic mass is 10.2. The number of carbonyl (C=O) groups is 2. The molecule has 0 radical (unpaired) electrons. The normalized spacial score (nSPS) is 10.5. The van der Waals surface area contributed by atoms with E-state index in [1.807, 2.05) is 0 Å². The number of aromatic nitrogens is 1. The molecule has 5 nitrogen and oxygen atoms in total. The Hall–Kier alpha value is -1.24. The first-order valence-electron chi connectivity index (χ1n) is 6.75. The Morgan fingerprint density at radius 1 is 1.04 bits per heavy atom. The van der Waals surface area contributed by atoms with Crippen LogP contribution < -0.4 is 10.6 Å². The summed E-state index contributed by atoms with van der Waals surface area (Å²) < 4.78 is 0. The smallest absolute Gasteiger partial charge is 0.271 e. The van der Waals surface area contributed by atoms with E-state index in [1.54, 1.807) is 25.1 Å². The van der Waals surface area contributed by atoms with E-state index in [0.29, 0.717) is 16.3 Å². The lowest BCUT2D eigenvalue weighted by Gasteiger charge is -2.11. The quantitative estimate of drug-likeness (QED) is 0.654. The van der Waals surface area contributed by atoms with Crippen LogP contribution in [-0.4, -0.2) is 23.3 Å². The molecule has 2 rings (SSSR count). The number of rotatable bonds is 4. The maximum absolute atomic E-state index is 12.1. The number of pyridine rings is 1. The highest BCUT2D eigenvalue weighted by atomic mass is 35.5. The van der Waals surface area contributed by atoms with Crippen molar-refractivity contribution in [3.8, 4) is 0 Å². The van der Waals surface area contributed by atoms with Gasteiger partial charge in [-0.25, -0.2) is 4.98 Å². The molecule has 0 fully saturated rings. The Kier molecular flexibility index (Phi) is 6.77. The number of benzene rings is 1. The van der Waals surface area contributed by atoms with Gasteiger partial charge in [0.2, 0.25) is 5.91 Å². The number of halogens is 5. The molecule has 10 heteroatoms. The third kappa shape index (κ3) is 4.68. The van der Waals surface area contributed by atoms with Gasteiger partial charge in [-0.1, -0.05) is 64.1 Å². The summed E-state index contributed by atoms with van der Waals surface area (Å²) in [6.07, 6.45) is 0. The zero-order chi connectivity index (χ0) is 18.7. The lowest BCUT2D eigenvalue weighted by Crippen LogP contribution is -2.33. The minimum atomic E-state index is -0.719. The highest BCUT2D eigenvalue weighted by Gasteiger charge is 2.20. The third-order valence-corrected chi connectivity index (χ3v) is 5.24. The van der Waals surface area contributed by atoms with E-state index in [1.165, 1.54) is 0 Å². The molecule has 0 bridgehead atoms. The first-order valence-corrected chi connectivity index (χ1v) is 8.64. The summed E-state index contributed by atoms with van der Waals surface area (Å²) in [5.74, 6) is -1.18. The Balaban J connectivity index is 2.05. The van der Waals surface area contributed by atoms with Crippen LogP contribution >= 0.6 is 58.0 Å². The van der Waals surface area contributed by atoms with E-state index < -0.39 is 11.8 Å². The Bertz CT molecular complexity index is 858. The van der Waals surface area contributed by atoms with Crippen molar-refractivity contribution < 1.29 is 9.59 Å². The highest BCUT2D eigenvalue weighted by molar-refractivity contribution is 6.52. The monoisotopic (exact) mass is 439 g/mol. The van der Waals surface area contributed by atoms with E-state index in [9.17, 15) is 9.59 Å². The van der Waals surface area contributed by atoms with E-state index in [4.69, 9.17) is 58.0 Å². The molecule has 25 heavy (non-hydrogen) atoms. The van der Waals surface area contributed by atoms with Crippen LogP contribution in [0, 0.1) is 6.92 Å². The van der Waals surface area contributed by atoms with Crippen LogP contribution in [0.5, 0.6) is 0 Å². The van der Waals surface area contributed by atoms with Gasteiger partial charge in [-0.3, -0.25) is 9.59 Å². The fourth-order valence-electron chi connectivity index (χ4n) is 1.82. The van der Waals surface area contributed by atoms with Crippen molar-refractivity contribution in [3.63, 3.8) is 0 Å². The summed E-state index contributed by atoms with van der Waals surface area (Å²) in [6.45, 7) is 1.44. The van der Waals surface area contributed by atoms with E-state index in [-0.39, 0.29) is 32.5 Å². The summed E-state index contributed by atoms with van der Waals surface area (Å²) in [7, 11) is 0. The third-order valence-electron chi connectivity index (χ3n) is 3.15. The number of hydrogen-bond acceptors (Lipinski definition) is 3. The van der Waals surface area contributed by atoms with Gasteiger partial charge in [0.15, 0.2) is 0 Å². The fraction of sp³-hybridized carbons (Fsp3) is 0.133. The Labute approximate surface area is 168 Å². The van der Waals surface area contributed by atoms with Crippen LogP contribution in [0.3, 0.4) is 0 Å². The van der Waals surface area contributed by atoms with Crippen molar-refractivity contribution in [1.82, 2.24) is 10.3 Å². The molecule has 2 amide bonds. The van der Waals surface area contributed by atoms with Crippen LogP contribution in [0.15, 0.2) is 18.2 Å². The van der Waals surface area contributed by atoms with Crippen molar-refractivity contribution in [2.45, 2.75) is 6.92 Å². The highest BCUT2D eigenvalue weighted by Crippen LogP contribution is 2.36. The number of nitrogens with one attached hydrogen (secondary N) is 2. The first-order chi connectivity index (χ1) is 11.7.